The van der Waals surface area contributed by atoms with Crippen molar-refractivity contribution in [2.75, 3.05) is 13.7 Å². The Kier molecular flexibility index (Phi) is 4.59. The number of amides is 1. The molecule has 128 valence electrons. The van der Waals surface area contributed by atoms with Crippen LogP contribution in [0.1, 0.15) is 18.0 Å². The second-order valence-electron chi connectivity index (χ2n) is 6.11. The van der Waals surface area contributed by atoms with Gasteiger partial charge in [0.2, 0.25) is 5.91 Å². The number of carbonyl (C=O) groups excluding carboxylic acids is 2. The molecule has 0 saturated carbocycles. The van der Waals surface area contributed by atoms with Crippen LogP contribution >= 0.6 is 0 Å². The number of nitrogens with zero attached hydrogens (tertiary/aromatic N) is 4. The van der Waals surface area contributed by atoms with Crippen LogP contribution in [0.5, 0.6) is 0 Å². The molecular weight excluding hydrogens is 320 g/mol. The Labute approximate surface area is 145 Å². The largest absolute Gasteiger partial charge is 0.468 e. The average molecular weight is 338 g/mol. The van der Waals surface area contributed by atoms with Gasteiger partial charge in [-0.1, -0.05) is 59.8 Å². The zero-order valence-corrected chi connectivity index (χ0v) is 13.8. The lowest BCUT2D eigenvalue weighted by Gasteiger charge is -2.48. The van der Waals surface area contributed by atoms with Gasteiger partial charge in [0.25, 0.3) is 0 Å². The predicted molar refractivity (Wildman–Crippen MR) is 91.2 cm³/mol. The third-order valence-corrected chi connectivity index (χ3v) is 4.68. The van der Waals surface area contributed by atoms with E-state index in [1.165, 1.54) is 7.11 Å². The number of hydrogen-bond acceptors (Lipinski definition) is 4. The number of ether oxygens (including phenoxy) is 1. The normalized spacial score (nSPS) is 27.4. The summed E-state index contributed by atoms with van der Waals surface area (Å²) in [5.74, 6) is -0.669. The van der Waals surface area contributed by atoms with Crippen LogP contribution in [0.15, 0.2) is 59.8 Å². The van der Waals surface area contributed by atoms with Crippen LogP contribution < -0.4 is 0 Å². The Morgan fingerprint density at radius 1 is 1.40 bits per heavy atom. The first-order valence-corrected chi connectivity index (χ1v) is 7.95. The van der Waals surface area contributed by atoms with Crippen LogP contribution in [-0.4, -0.2) is 36.5 Å². The van der Waals surface area contributed by atoms with Crippen molar-refractivity contribution in [2.24, 2.45) is 10.5 Å². The summed E-state index contributed by atoms with van der Waals surface area (Å²) in [6, 6.07) is 8.19. The first kappa shape index (κ1) is 16.8. The molecule has 7 nitrogen and oxygen atoms in total. The molecule has 0 aromatic heterocycles. The summed E-state index contributed by atoms with van der Waals surface area (Å²) in [7, 11) is 1.34. The van der Waals surface area contributed by atoms with Crippen molar-refractivity contribution < 1.29 is 14.3 Å². The van der Waals surface area contributed by atoms with Gasteiger partial charge in [0.1, 0.15) is 11.5 Å². The molecule has 1 aromatic carbocycles. The quantitative estimate of drug-likeness (QED) is 0.271. The highest BCUT2D eigenvalue weighted by atomic mass is 16.5. The summed E-state index contributed by atoms with van der Waals surface area (Å²) in [4.78, 5) is 29.3. The van der Waals surface area contributed by atoms with Crippen molar-refractivity contribution in [1.82, 2.24) is 4.90 Å². The standard InChI is InChI=1S/C18H18N4O3/c1-25-17(24)18(10-6-3-7-11-18)12-22-15(13-8-4-2-5-9-13)14(16(22)23)20-21-19/h2-10,14-15H,11-12H2,1H3. The number of allylic oxidation sites excluding steroid dienone is 3. The fourth-order valence-electron chi connectivity index (χ4n) is 3.39. The zero-order valence-electron chi connectivity index (χ0n) is 13.8. The fourth-order valence-corrected chi connectivity index (χ4v) is 3.39. The summed E-state index contributed by atoms with van der Waals surface area (Å²) in [6.07, 6.45) is 7.75. The van der Waals surface area contributed by atoms with Crippen LogP contribution in [-0.2, 0) is 14.3 Å². The predicted octanol–water partition coefficient (Wildman–Crippen LogP) is 2.92. The van der Waals surface area contributed by atoms with E-state index in [9.17, 15) is 9.59 Å². The minimum absolute atomic E-state index is 0.177. The van der Waals surface area contributed by atoms with Gasteiger partial charge in [-0.25, -0.2) is 0 Å². The monoisotopic (exact) mass is 338 g/mol. The number of azide groups is 1. The third-order valence-electron chi connectivity index (χ3n) is 4.68. The molecule has 0 radical (unpaired) electrons. The second-order valence-corrected chi connectivity index (χ2v) is 6.11. The molecule has 3 atom stereocenters. The summed E-state index contributed by atoms with van der Waals surface area (Å²) in [6.45, 7) is 0.177. The number of β-lactam (4-membered cyclic amide) rings is 1. The topological polar surface area (TPSA) is 95.4 Å². The summed E-state index contributed by atoms with van der Waals surface area (Å²) < 4.78 is 4.97. The molecular formula is C18H18N4O3. The Balaban J connectivity index is 1.93. The number of benzene rings is 1. The van der Waals surface area contributed by atoms with E-state index in [0.29, 0.717) is 6.42 Å². The highest BCUT2D eigenvalue weighted by Crippen LogP contribution is 2.41. The molecule has 1 aliphatic heterocycles. The minimum atomic E-state index is -0.923. The zero-order chi connectivity index (χ0) is 17.9. The van der Waals surface area contributed by atoms with Gasteiger partial charge in [0.15, 0.2) is 0 Å². The van der Waals surface area contributed by atoms with Crippen LogP contribution in [0.2, 0.25) is 0 Å². The Morgan fingerprint density at radius 3 is 2.76 bits per heavy atom. The smallest absolute Gasteiger partial charge is 0.317 e. The van der Waals surface area contributed by atoms with Crippen LogP contribution in [0.25, 0.3) is 10.4 Å². The molecule has 1 aromatic rings. The first-order valence-electron chi connectivity index (χ1n) is 7.95. The van der Waals surface area contributed by atoms with Crippen molar-refractivity contribution in [3.05, 3.63) is 70.6 Å². The highest BCUT2D eigenvalue weighted by Gasteiger charge is 2.52. The van der Waals surface area contributed by atoms with Crippen LogP contribution in [0.3, 0.4) is 0 Å². The number of likely N-dealkylation sites (tertiary alicyclic amines) is 1. The van der Waals surface area contributed by atoms with E-state index >= 15 is 0 Å². The lowest BCUT2D eigenvalue weighted by Crippen LogP contribution is -2.61. The second kappa shape index (κ2) is 6.83. The Morgan fingerprint density at radius 2 is 2.16 bits per heavy atom. The summed E-state index contributed by atoms with van der Waals surface area (Å²) in [5, 5.41) is 3.64. The highest BCUT2D eigenvalue weighted by molar-refractivity contribution is 5.91. The minimum Gasteiger partial charge on any atom is -0.468 e. The molecule has 0 bridgehead atoms. The van der Waals surface area contributed by atoms with Gasteiger partial charge in [-0.15, -0.1) is 0 Å². The Bertz CT molecular complexity index is 783. The van der Waals surface area contributed by atoms with Gasteiger partial charge >= 0.3 is 5.97 Å². The van der Waals surface area contributed by atoms with E-state index in [1.807, 2.05) is 42.5 Å². The van der Waals surface area contributed by atoms with Crippen LogP contribution in [0.4, 0.5) is 0 Å². The number of hydrogen-bond donors (Lipinski definition) is 0. The maximum absolute atomic E-state index is 12.5. The molecule has 3 rings (SSSR count). The Hall–Kier alpha value is -3.05. The molecule has 0 N–H and O–H groups in total. The van der Waals surface area contributed by atoms with Gasteiger partial charge in [0.05, 0.1) is 13.2 Å². The number of rotatable bonds is 5. The van der Waals surface area contributed by atoms with E-state index in [4.69, 9.17) is 10.3 Å². The van der Waals surface area contributed by atoms with Crippen LogP contribution in [0, 0.1) is 5.41 Å². The maximum Gasteiger partial charge on any atom is 0.317 e. The molecule has 1 heterocycles. The molecule has 25 heavy (non-hydrogen) atoms. The van der Waals surface area contributed by atoms with Gasteiger partial charge < -0.3 is 9.64 Å². The van der Waals surface area contributed by atoms with E-state index in [1.54, 1.807) is 17.1 Å². The van der Waals surface area contributed by atoms with E-state index in [2.05, 4.69) is 10.0 Å². The summed E-state index contributed by atoms with van der Waals surface area (Å²) >= 11 is 0. The van der Waals surface area contributed by atoms with Crippen molar-refractivity contribution in [3.8, 4) is 0 Å². The van der Waals surface area contributed by atoms with E-state index in [0.717, 1.165) is 5.56 Å². The molecule has 1 saturated heterocycles. The SMILES string of the molecule is COC(=O)C1(CN2C(=O)C(N=[N+]=[N-])C2c2ccccc2)C=CC=CC1. The van der Waals surface area contributed by atoms with Crippen molar-refractivity contribution >= 4 is 11.9 Å². The number of methoxy groups -OCH3 is 1. The van der Waals surface area contributed by atoms with Gasteiger partial charge in [0, 0.05) is 11.5 Å². The van der Waals surface area contributed by atoms with Crippen molar-refractivity contribution in [2.45, 2.75) is 18.5 Å². The van der Waals surface area contributed by atoms with Crippen molar-refractivity contribution in [3.63, 3.8) is 0 Å². The maximum atomic E-state index is 12.5. The molecule has 3 unspecified atom stereocenters. The summed E-state index contributed by atoms with van der Waals surface area (Å²) in [5.41, 5.74) is 8.71. The molecule has 7 heteroatoms. The van der Waals surface area contributed by atoms with Crippen molar-refractivity contribution in [1.29, 1.82) is 0 Å². The molecule has 1 amide bonds. The fraction of sp³-hybridized carbons (Fsp3) is 0.333. The average Bonchev–Trinajstić information content (AvgIpc) is 2.67. The number of esters is 1. The van der Waals surface area contributed by atoms with E-state index < -0.39 is 11.5 Å². The molecule has 1 fully saturated rings. The first-order chi connectivity index (χ1) is 12.1. The molecule has 2 aliphatic rings. The molecule has 0 spiro atoms. The van der Waals surface area contributed by atoms with Gasteiger partial charge in [-0.2, -0.15) is 0 Å². The third kappa shape index (κ3) is 2.90. The lowest BCUT2D eigenvalue weighted by atomic mass is 9.78. The molecule has 1 aliphatic carbocycles. The number of carbonyl (C=O) groups is 2. The van der Waals surface area contributed by atoms with Gasteiger partial charge in [-0.05, 0) is 17.5 Å². The van der Waals surface area contributed by atoms with E-state index in [-0.39, 0.29) is 24.5 Å². The lowest BCUT2D eigenvalue weighted by molar-refractivity contribution is -0.159. The van der Waals surface area contributed by atoms with Gasteiger partial charge in [-0.3, -0.25) is 9.59 Å².